The fourth-order valence-corrected chi connectivity index (χ4v) is 2.36. The Balaban J connectivity index is 1.93. The van der Waals surface area contributed by atoms with Crippen LogP contribution in [0.25, 0.3) is 6.08 Å². The van der Waals surface area contributed by atoms with Gasteiger partial charge in [-0.05, 0) is 34.8 Å². The van der Waals surface area contributed by atoms with Crippen LogP contribution in [0.5, 0.6) is 5.75 Å². The monoisotopic (exact) mass is 353 g/mol. The van der Waals surface area contributed by atoms with Crippen molar-refractivity contribution in [3.8, 4) is 5.75 Å². The zero-order chi connectivity index (χ0) is 19.0. The van der Waals surface area contributed by atoms with Crippen molar-refractivity contribution in [1.82, 2.24) is 0 Å². The van der Waals surface area contributed by atoms with E-state index >= 15 is 0 Å². The first-order valence-corrected chi connectivity index (χ1v) is 8.70. The van der Waals surface area contributed by atoms with Crippen LogP contribution in [0.15, 0.2) is 54.6 Å². The molecule has 1 N–H and O–H groups in total. The standard InChI is InChI=1S/C22H27NO3/c1-22(2,3)18-11-8-17(9-12-18)10-13-21(24)23-19-6-5-7-20(16-19)26-15-14-25-4/h5-13,16H,14-15H2,1-4H3,(H,23,24). The van der Waals surface area contributed by atoms with Gasteiger partial charge in [-0.3, -0.25) is 4.79 Å². The first-order chi connectivity index (χ1) is 12.4. The van der Waals surface area contributed by atoms with E-state index in [0.29, 0.717) is 24.7 Å². The number of ether oxygens (including phenoxy) is 2. The second-order valence-electron chi connectivity index (χ2n) is 7.06. The molecule has 0 unspecified atom stereocenters. The highest BCUT2D eigenvalue weighted by atomic mass is 16.5. The van der Waals surface area contributed by atoms with Gasteiger partial charge in [-0.1, -0.05) is 51.1 Å². The highest BCUT2D eigenvalue weighted by Crippen LogP contribution is 2.22. The van der Waals surface area contributed by atoms with Gasteiger partial charge < -0.3 is 14.8 Å². The summed E-state index contributed by atoms with van der Waals surface area (Å²) in [5.74, 6) is 0.514. The third kappa shape index (κ3) is 6.37. The van der Waals surface area contributed by atoms with Gasteiger partial charge in [-0.25, -0.2) is 0 Å². The molecule has 1 amide bonds. The maximum atomic E-state index is 12.1. The third-order valence-electron chi connectivity index (χ3n) is 3.86. The molecular weight excluding hydrogens is 326 g/mol. The molecule has 0 atom stereocenters. The average molecular weight is 353 g/mol. The second-order valence-corrected chi connectivity index (χ2v) is 7.06. The average Bonchev–Trinajstić information content (AvgIpc) is 2.60. The summed E-state index contributed by atoms with van der Waals surface area (Å²) in [5, 5.41) is 2.84. The summed E-state index contributed by atoms with van der Waals surface area (Å²) in [6, 6.07) is 15.5. The van der Waals surface area contributed by atoms with E-state index in [1.54, 1.807) is 19.3 Å². The maximum absolute atomic E-state index is 12.1. The van der Waals surface area contributed by atoms with Crippen molar-refractivity contribution in [2.45, 2.75) is 26.2 Å². The molecule has 0 fully saturated rings. The number of amides is 1. The summed E-state index contributed by atoms with van der Waals surface area (Å²) in [6.45, 7) is 7.53. The Hall–Kier alpha value is -2.59. The Morgan fingerprint density at radius 1 is 1.08 bits per heavy atom. The van der Waals surface area contributed by atoms with Crippen molar-refractivity contribution in [2.75, 3.05) is 25.6 Å². The number of hydrogen-bond acceptors (Lipinski definition) is 3. The summed E-state index contributed by atoms with van der Waals surface area (Å²) in [7, 11) is 1.63. The van der Waals surface area contributed by atoms with Gasteiger partial charge in [0.1, 0.15) is 12.4 Å². The highest BCUT2D eigenvalue weighted by Gasteiger charge is 2.12. The molecule has 2 aromatic rings. The molecule has 0 radical (unpaired) electrons. The minimum absolute atomic E-state index is 0.121. The Kier molecular flexibility index (Phi) is 6.98. The lowest BCUT2D eigenvalue weighted by Crippen LogP contribution is -2.10. The molecule has 26 heavy (non-hydrogen) atoms. The van der Waals surface area contributed by atoms with E-state index < -0.39 is 0 Å². The molecular formula is C22H27NO3. The molecule has 4 heteroatoms. The molecule has 0 aliphatic rings. The lowest BCUT2D eigenvalue weighted by molar-refractivity contribution is -0.111. The normalized spacial score (nSPS) is 11.5. The van der Waals surface area contributed by atoms with E-state index in [4.69, 9.17) is 9.47 Å². The van der Waals surface area contributed by atoms with Gasteiger partial charge in [0.25, 0.3) is 0 Å². The maximum Gasteiger partial charge on any atom is 0.248 e. The third-order valence-corrected chi connectivity index (χ3v) is 3.86. The predicted molar refractivity (Wildman–Crippen MR) is 107 cm³/mol. The van der Waals surface area contributed by atoms with Gasteiger partial charge in [0.15, 0.2) is 0 Å². The first-order valence-electron chi connectivity index (χ1n) is 8.70. The number of methoxy groups -OCH3 is 1. The summed E-state index contributed by atoms with van der Waals surface area (Å²) < 4.78 is 10.5. The number of hydrogen-bond donors (Lipinski definition) is 1. The molecule has 0 heterocycles. The van der Waals surface area contributed by atoms with Crippen molar-refractivity contribution in [1.29, 1.82) is 0 Å². The molecule has 2 rings (SSSR count). The smallest absolute Gasteiger partial charge is 0.248 e. The van der Waals surface area contributed by atoms with Gasteiger partial charge in [0.2, 0.25) is 5.91 Å². The van der Waals surface area contributed by atoms with Crippen LogP contribution in [-0.4, -0.2) is 26.2 Å². The molecule has 0 aliphatic heterocycles. The fraction of sp³-hybridized carbons (Fsp3) is 0.318. The Bertz CT molecular complexity index is 743. The van der Waals surface area contributed by atoms with Crippen LogP contribution in [0.2, 0.25) is 0 Å². The minimum atomic E-state index is -0.182. The number of nitrogens with one attached hydrogen (secondary N) is 1. The van der Waals surface area contributed by atoms with E-state index in [1.165, 1.54) is 11.6 Å². The summed E-state index contributed by atoms with van der Waals surface area (Å²) in [5.41, 5.74) is 3.07. The Morgan fingerprint density at radius 2 is 1.81 bits per heavy atom. The molecule has 0 aromatic heterocycles. The van der Waals surface area contributed by atoms with E-state index in [9.17, 15) is 4.79 Å². The molecule has 0 saturated carbocycles. The summed E-state index contributed by atoms with van der Waals surface area (Å²) in [4.78, 5) is 12.1. The number of carbonyl (C=O) groups is 1. The van der Waals surface area contributed by atoms with Crippen LogP contribution >= 0.6 is 0 Å². The van der Waals surface area contributed by atoms with Crippen molar-refractivity contribution < 1.29 is 14.3 Å². The quantitative estimate of drug-likeness (QED) is 0.582. The topological polar surface area (TPSA) is 47.6 Å². The minimum Gasteiger partial charge on any atom is -0.491 e. The lowest BCUT2D eigenvalue weighted by Gasteiger charge is -2.18. The largest absolute Gasteiger partial charge is 0.491 e. The Morgan fingerprint density at radius 3 is 2.46 bits per heavy atom. The molecule has 0 spiro atoms. The summed E-state index contributed by atoms with van der Waals surface area (Å²) >= 11 is 0. The van der Waals surface area contributed by atoms with E-state index in [-0.39, 0.29) is 11.3 Å². The molecule has 0 aliphatic carbocycles. The van der Waals surface area contributed by atoms with E-state index in [0.717, 1.165) is 5.56 Å². The van der Waals surface area contributed by atoms with Gasteiger partial charge in [0, 0.05) is 24.9 Å². The number of carbonyl (C=O) groups excluding carboxylic acids is 1. The zero-order valence-corrected chi connectivity index (χ0v) is 15.9. The van der Waals surface area contributed by atoms with Crippen molar-refractivity contribution in [3.05, 3.63) is 65.7 Å². The number of rotatable bonds is 7. The molecule has 2 aromatic carbocycles. The first kappa shape index (κ1) is 19.7. The van der Waals surface area contributed by atoms with Crippen molar-refractivity contribution in [2.24, 2.45) is 0 Å². The fourth-order valence-electron chi connectivity index (χ4n) is 2.36. The van der Waals surface area contributed by atoms with Crippen LogP contribution in [-0.2, 0) is 14.9 Å². The highest BCUT2D eigenvalue weighted by molar-refractivity contribution is 6.02. The lowest BCUT2D eigenvalue weighted by atomic mass is 9.87. The van der Waals surface area contributed by atoms with Crippen LogP contribution in [0, 0.1) is 0 Å². The van der Waals surface area contributed by atoms with Crippen LogP contribution in [0.4, 0.5) is 5.69 Å². The van der Waals surface area contributed by atoms with Crippen LogP contribution in [0.1, 0.15) is 31.9 Å². The van der Waals surface area contributed by atoms with Crippen LogP contribution < -0.4 is 10.1 Å². The SMILES string of the molecule is COCCOc1cccc(NC(=O)C=Cc2ccc(C(C)(C)C)cc2)c1. The molecule has 4 nitrogen and oxygen atoms in total. The van der Waals surface area contributed by atoms with Crippen molar-refractivity contribution >= 4 is 17.7 Å². The van der Waals surface area contributed by atoms with Gasteiger partial charge in [0.05, 0.1) is 6.61 Å². The second kappa shape index (κ2) is 9.20. The molecule has 0 bridgehead atoms. The van der Waals surface area contributed by atoms with Crippen molar-refractivity contribution in [3.63, 3.8) is 0 Å². The van der Waals surface area contributed by atoms with E-state index in [2.05, 4.69) is 38.2 Å². The van der Waals surface area contributed by atoms with E-state index in [1.807, 2.05) is 30.3 Å². The number of benzene rings is 2. The van der Waals surface area contributed by atoms with Gasteiger partial charge in [-0.2, -0.15) is 0 Å². The predicted octanol–water partition coefficient (Wildman–Crippen LogP) is 4.66. The molecule has 138 valence electrons. The zero-order valence-electron chi connectivity index (χ0n) is 15.9. The van der Waals surface area contributed by atoms with Gasteiger partial charge in [-0.15, -0.1) is 0 Å². The number of anilines is 1. The Labute approximate surface area is 155 Å². The molecule has 0 saturated heterocycles. The van der Waals surface area contributed by atoms with Gasteiger partial charge >= 0.3 is 0 Å². The summed E-state index contributed by atoms with van der Waals surface area (Å²) in [6.07, 6.45) is 3.34. The van der Waals surface area contributed by atoms with Crippen LogP contribution in [0.3, 0.4) is 0 Å².